The molecule has 0 spiro atoms. The standard InChI is InChI=1S/C13H17F3N2O/c1-2-18(8-7-17)12(19)9-10-3-5-11(6-4-10)13(14,15)16/h3-6H,2,7-9,17H2,1H3. The number of likely N-dealkylation sites (N-methyl/N-ethyl adjacent to an activating group) is 1. The summed E-state index contributed by atoms with van der Waals surface area (Å²) in [5.41, 5.74) is 5.24. The van der Waals surface area contributed by atoms with Crippen molar-refractivity contribution in [1.29, 1.82) is 0 Å². The van der Waals surface area contributed by atoms with Gasteiger partial charge in [-0.05, 0) is 24.6 Å². The second kappa shape index (κ2) is 6.56. The Morgan fingerprint density at radius 3 is 2.26 bits per heavy atom. The Morgan fingerprint density at radius 1 is 1.26 bits per heavy atom. The van der Waals surface area contributed by atoms with Crippen LogP contribution in [-0.2, 0) is 17.4 Å². The fraction of sp³-hybridized carbons (Fsp3) is 0.462. The van der Waals surface area contributed by atoms with E-state index in [9.17, 15) is 18.0 Å². The molecule has 0 unspecified atom stereocenters. The normalized spacial score (nSPS) is 11.4. The summed E-state index contributed by atoms with van der Waals surface area (Å²) in [6.07, 6.45) is -4.26. The van der Waals surface area contributed by atoms with Crippen LogP contribution < -0.4 is 5.73 Å². The van der Waals surface area contributed by atoms with E-state index in [-0.39, 0.29) is 12.3 Å². The van der Waals surface area contributed by atoms with E-state index in [2.05, 4.69) is 0 Å². The summed E-state index contributed by atoms with van der Waals surface area (Å²) in [4.78, 5) is 13.4. The van der Waals surface area contributed by atoms with Gasteiger partial charge in [-0.15, -0.1) is 0 Å². The first kappa shape index (κ1) is 15.5. The van der Waals surface area contributed by atoms with Gasteiger partial charge in [0.1, 0.15) is 0 Å². The first-order valence-corrected chi connectivity index (χ1v) is 6.02. The van der Waals surface area contributed by atoms with Crippen molar-refractivity contribution in [2.24, 2.45) is 5.73 Å². The molecular weight excluding hydrogens is 257 g/mol. The van der Waals surface area contributed by atoms with E-state index in [4.69, 9.17) is 5.73 Å². The number of hydrogen-bond donors (Lipinski definition) is 1. The quantitative estimate of drug-likeness (QED) is 0.893. The Hall–Kier alpha value is -1.56. The predicted octanol–water partition coefficient (Wildman–Crippen LogP) is 2.06. The highest BCUT2D eigenvalue weighted by molar-refractivity contribution is 5.78. The molecule has 2 N–H and O–H groups in total. The molecule has 0 bridgehead atoms. The van der Waals surface area contributed by atoms with Crippen molar-refractivity contribution in [1.82, 2.24) is 4.90 Å². The Balaban J connectivity index is 2.70. The van der Waals surface area contributed by atoms with Gasteiger partial charge in [-0.2, -0.15) is 13.2 Å². The molecule has 6 heteroatoms. The molecule has 0 aliphatic heterocycles. The number of rotatable bonds is 5. The number of hydrogen-bond acceptors (Lipinski definition) is 2. The topological polar surface area (TPSA) is 46.3 Å². The maximum atomic E-state index is 12.4. The molecule has 1 amide bonds. The second-order valence-electron chi connectivity index (χ2n) is 4.13. The fourth-order valence-corrected chi connectivity index (χ4v) is 1.71. The van der Waals surface area contributed by atoms with Gasteiger partial charge in [-0.1, -0.05) is 12.1 Å². The maximum Gasteiger partial charge on any atom is 0.416 e. The predicted molar refractivity (Wildman–Crippen MR) is 66.5 cm³/mol. The summed E-state index contributed by atoms with van der Waals surface area (Å²) < 4.78 is 37.1. The van der Waals surface area contributed by atoms with Crippen LogP contribution in [0.5, 0.6) is 0 Å². The molecular formula is C13H17F3N2O. The number of benzene rings is 1. The number of nitrogens with zero attached hydrogens (tertiary/aromatic N) is 1. The van der Waals surface area contributed by atoms with E-state index in [0.717, 1.165) is 12.1 Å². The van der Waals surface area contributed by atoms with Crippen LogP contribution in [-0.4, -0.2) is 30.4 Å². The summed E-state index contributed by atoms with van der Waals surface area (Å²) in [5, 5.41) is 0. The number of carbonyl (C=O) groups excluding carboxylic acids is 1. The van der Waals surface area contributed by atoms with Gasteiger partial charge in [0.05, 0.1) is 12.0 Å². The Bertz CT molecular complexity index is 415. The summed E-state index contributed by atoms with van der Waals surface area (Å²) >= 11 is 0. The SMILES string of the molecule is CCN(CCN)C(=O)Cc1ccc(C(F)(F)F)cc1. The fourth-order valence-electron chi connectivity index (χ4n) is 1.71. The minimum Gasteiger partial charge on any atom is -0.341 e. The van der Waals surface area contributed by atoms with E-state index < -0.39 is 11.7 Å². The lowest BCUT2D eigenvalue weighted by Crippen LogP contribution is -2.36. The second-order valence-corrected chi connectivity index (χ2v) is 4.13. The van der Waals surface area contributed by atoms with Gasteiger partial charge in [-0.25, -0.2) is 0 Å². The van der Waals surface area contributed by atoms with E-state index in [0.29, 0.717) is 25.2 Å². The number of amides is 1. The van der Waals surface area contributed by atoms with E-state index >= 15 is 0 Å². The van der Waals surface area contributed by atoms with Gasteiger partial charge < -0.3 is 10.6 Å². The molecule has 19 heavy (non-hydrogen) atoms. The molecule has 0 atom stereocenters. The van der Waals surface area contributed by atoms with Crippen LogP contribution in [0.1, 0.15) is 18.1 Å². The number of alkyl halides is 3. The summed E-state index contributed by atoms with van der Waals surface area (Å²) in [5.74, 6) is -0.132. The molecule has 1 rings (SSSR count). The van der Waals surface area contributed by atoms with Gasteiger partial charge in [-0.3, -0.25) is 4.79 Å². The lowest BCUT2D eigenvalue weighted by molar-refractivity contribution is -0.137. The Kier molecular flexibility index (Phi) is 5.35. The van der Waals surface area contributed by atoms with Gasteiger partial charge >= 0.3 is 6.18 Å². The third-order valence-corrected chi connectivity index (χ3v) is 2.77. The van der Waals surface area contributed by atoms with Crippen LogP contribution in [0.15, 0.2) is 24.3 Å². The molecule has 0 fully saturated rings. The summed E-state index contributed by atoms with van der Waals surface area (Å²) in [6.45, 7) is 3.19. The molecule has 0 saturated carbocycles. The van der Waals surface area contributed by atoms with Gasteiger partial charge in [0.2, 0.25) is 5.91 Å². The van der Waals surface area contributed by atoms with Gasteiger partial charge in [0.25, 0.3) is 0 Å². The van der Waals surface area contributed by atoms with Crippen molar-refractivity contribution in [2.75, 3.05) is 19.6 Å². The number of nitrogens with two attached hydrogens (primary N) is 1. The van der Waals surface area contributed by atoms with Crippen molar-refractivity contribution >= 4 is 5.91 Å². The zero-order chi connectivity index (χ0) is 14.5. The third-order valence-electron chi connectivity index (χ3n) is 2.77. The third kappa shape index (κ3) is 4.55. The van der Waals surface area contributed by atoms with Gasteiger partial charge in [0.15, 0.2) is 0 Å². The highest BCUT2D eigenvalue weighted by atomic mass is 19.4. The molecule has 0 aliphatic carbocycles. The van der Waals surface area contributed by atoms with Crippen molar-refractivity contribution in [3.05, 3.63) is 35.4 Å². The number of halogens is 3. The van der Waals surface area contributed by atoms with Crippen LogP contribution >= 0.6 is 0 Å². The minimum absolute atomic E-state index is 0.0893. The first-order valence-electron chi connectivity index (χ1n) is 6.02. The molecule has 0 saturated heterocycles. The smallest absolute Gasteiger partial charge is 0.341 e. The Labute approximate surface area is 110 Å². The highest BCUT2D eigenvalue weighted by Gasteiger charge is 2.30. The molecule has 3 nitrogen and oxygen atoms in total. The number of carbonyl (C=O) groups is 1. The van der Waals surface area contributed by atoms with E-state index in [1.807, 2.05) is 6.92 Å². The summed E-state index contributed by atoms with van der Waals surface area (Å²) in [6, 6.07) is 4.64. The average molecular weight is 274 g/mol. The maximum absolute atomic E-state index is 12.4. The minimum atomic E-state index is -4.35. The van der Waals surface area contributed by atoms with Crippen LogP contribution in [0.25, 0.3) is 0 Å². The molecule has 0 aliphatic rings. The lowest BCUT2D eigenvalue weighted by atomic mass is 10.1. The lowest BCUT2D eigenvalue weighted by Gasteiger charge is -2.20. The van der Waals surface area contributed by atoms with Crippen LogP contribution in [0, 0.1) is 0 Å². The van der Waals surface area contributed by atoms with Crippen molar-refractivity contribution in [2.45, 2.75) is 19.5 Å². The van der Waals surface area contributed by atoms with Crippen molar-refractivity contribution < 1.29 is 18.0 Å². The molecule has 0 radical (unpaired) electrons. The van der Waals surface area contributed by atoms with Crippen molar-refractivity contribution in [3.63, 3.8) is 0 Å². The molecule has 0 aromatic heterocycles. The monoisotopic (exact) mass is 274 g/mol. The van der Waals surface area contributed by atoms with Crippen molar-refractivity contribution in [3.8, 4) is 0 Å². The summed E-state index contributed by atoms with van der Waals surface area (Å²) in [7, 11) is 0. The van der Waals surface area contributed by atoms with Crippen LogP contribution in [0.3, 0.4) is 0 Å². The highest BCUT2D eigenvalue weighted by Crippen LogP contribution is 2.29. The van der Waals surface area contributed by atoms with Crippen LogP contribution in [0.4, 0.5) is 13.2 Å². The zero-order valence-electron chi connectivity index (χ0n) is 10.7. The largest absolute Gasteiger partial charge is 0.416 e. The first-order chi connectivity index (χ1) is 8.88. The van der Waals surface area contributed by atoms with E-state index in [1.54, 1.807) is 4.90 Å². The molecule has 106 valence electrons. The van der Waals surface area contributed by atoms with E-state index in [1.165, 1.54) is 12.1 Å². The Morgan fingerprint density at radius 2 is 1.84 bits per heavy atom. The zero-order valence-corrected chi connectivity index (χ0v) is 10.7. The average Bonchev–Trinajstić information content (AvgIpc) is 2.35. The molecule has 0 heterocycles. The van der Waals surface area contributed by atoms with Crippen LogP contribution in [0.2, 0.25) is 0 Å². The molecule has 1 aromatic rings. The molecule has 1 aromatic carbocycles. The van der Waals surface area contributed by atoms with Gasteiger partial charge in [0, 0.05) is 19.6 Å².